The first-order chi connectivity index (χ1) is 18.8. The van der Waals surface area contributed by atoms with Crippen LogP contribution in [0.2, 0.25) is 0 Å². The quantitative estimate of drug-likeness (QED) is 0.238. The van der Waals surface area contributed by atoms with Gasteiger partial charge in [0.05, 0.1) is 22.3 Å². The van der Waals surface area contributed by atoms with Crippen LogP contribution in [0.15, 0.2) is 72.8 Å². The number of fused-ring (bicyclic) bond motifs is 1. The summed E-state index contributed by atoms with van der Waals surface area (Å²) >= 11 is 1.44. The smallest absolute Gasteiger partial charge is 0.257 e. The van der Waals surface area contributed by atoms with Crippen LogP contribution < -0.4 is 5.32 Å². The Labute approximate surface area is 234 Å². The van der Waals surface area contributed by atoms with E-state index in [-0.39, 0.29) is 5.91 Å². The standard InChI is InChI=1S/C34H31N3OS/c1-6-20(2)24-13-15-25(16-14-24)32-23(5)39-34(29(32)19-35)37-33(38)28-18-31(26-12-11-21(3)22(4)17-26)36-30-10-8-7-9-27(28)30/h7-18,20H,6H2,1-5H3,(H,37,38)/t20-/m1/s1. The predicted molar refractivity (Wildman–Crippen MR) is 163 cm³/mol. The lowest BCUT2D eigenvalue weighted by Gasteiger charge is -2.11. The van der Waals surface area contributed by atoms with Crippen LogP contribution >= 0.6 is 11.3 Å². The van der Waals surface area contributed by atoms with E-state index >= 15 is 0 Å². The lowest BCUT2D eigenvalue weighted by Crippen LogP contribution is -2.13. The van der Waals surface area contributed by atoms with Crippen LogP contribution in [0, 0.1) is 32.1 Å². The minimum Gasteiger partial charge on any atom is -0.312 e. The SMILES string of the molecule is CC[C@@H](C)c1ccc(-c2c(C)sc(NC(=O)c3cc(-c4ccc(C)c(C)c4)nc4ccccc34)c2C#N)cc1. The van der Waals surface area contributed by atoms with Crippen molar-refractivity contribution in [2.45, 2.75) is 47.0 Å². The molecule has 1 amide bonds. The zero-order valence-corrected chi connectivity index (χ0v) is 23.7. The van der Waals surface area contributed by atoms with Crippen molar-refractivity contribution in [1.29, 1.82) is 5.26 Å². The Kier molecular flexibility index (Phi) is 7.32. The molecule has 0 saturated carbocycles. The van der Waals surface area contributed by atoms with Gasteiger partial charge < -0.3 is 5.32 Å². The van der Waals surface area contributed by atoms with Gasteiger partial charge in [-0.05, 0) is 73.6 Å². The van der Waals surface area contributed by atoms with Gasteiger partial charge in [0, 0.05) is 21.4 Å². The third-order valence-electron chi connectivity index (χ3n) is 7.57. The maximum absolute atomic E-state index is 13.8. The molecule has 0 aliphatic heterocycles. The van der Waals surface area contributed by atoms with Crippen molar-refractivity contribution in [3.05, 3.63) is 105 Å². The highest BCUT2D eigenvalue weighted by Gasteiger charge is 2.21. The number of carbonyl (C=O) groups excluding carboxylic acids is 1. The summed E-state index contributed by atoms with van der Waals surface area (Å²) in [5.74, 6) is 0.229. The Bertz CT molecular complexity index is 1740. The number of nitrogens with zero attached hydrogens (tertiary/aromatic N) is 2. The van der Waals surface area contributed by atoms with E-state index in [9.17, 15) is 10.1 Å². The van der Waals surface area contributed by atoms with Gasteiger partial charge >= 0.3 is 0 Å². The number of amides is 1. The molecule has 0 radical (unpaired) electrons. The summed E-state index contributed by atoms with van der Waals surface area (Å²) < 4.78 is 0. The van der Waals surface area contributed by atoms with Gasteiger partial charge in [0.2, 0.25) is 0 Å². The molecule has 0 saturated heterocycles. The van der Waals surface area contributed by atoms with Crippen LogP contribution in [0.3, 0.4) is 0 Å². The normalized spacial score (nSPS) is 11.8. The molecule has 39 heavy (non-hydrogen) atoms. The molecule has 0 fully saturated rings. The molecular weight excluding hydrogens is 498 g/mol. The second-order valence-electron chi connectivity index (χ2n) is 10.1. The van der Waals surface area contributed by atoms with Gasteiger partial charge in [-0.1, -0.05) is 68.4 Å². The van der Waals surface area contributed by atoms with Crippen molar-refractivity contribution in [2.75, 3.05) is 5.32 Å². The number of hydrogen-bond donors (Lipinski definition) is 1. The van der Waals surface area contributed by atoms with Crippen LogP contribution in [0.25, 0.3) is 33.3 Å². The molecule has 5 rings (SSSR count). The number of aryl methyl sites for hydroxylation is 3. The van der Waals surface area contributed by atoms with Gasteiger partial charge in [-0.3, -0.25) is 4.79 Å². The number of nitrogens with one attached hydrogen (secondary N) is 1. The fourth-order valence-corrected chi connectivity index (χ4v) is 5.91. The number of pyridine rings is 1. The van der Waals surface area contributed by atoms with E-state index in [0.717, 1.165) is 44.6 Å². The zero-order valence-electron chi connectivity index (χ0n) is 22.9. The first-order valence-electron chi connectivity index (χ1n) is 13.2. The van der Waals surface area contributed by atoms with Crippen molar-refractivity contribution >= 4 is 33.1 Å². The molecule has 0 spiro atoms. The summed E-state index contributed by atoms with van der Waals surface area (Å²) in [5.41, 5.74) is 9.01. The minimum absolute atomic E-state index is 0.255. The molecule has 0 aliphatic carbocycles. The van der Waals surface area contributed by atoms with Gasteiger partial charge in [-0.25, -0.2) is 4.98 Å². The summed E-state index contributed by atoms with van der Waals surface area (Å²) in [4.78, 5) is 19.6. The molecule has 4 nitrogen and oxygen atoms in total. The lowest BCUT2D eigenvalue weighted by atomic mass is 9.95. The third-order valence-corrected chi connectivity index (χ3v) is 8.59. The highest BCUT2D eigenvalue weighted by molar-refractivity contribution is 7.17. The predicted octanol–water partition coefficient (Wildman–Crippen LogP) is 9.19. The molecule has 0 bridgehead atoms. The van der Waals surface area contributed by atoms with Crippen molar-refractivity contribution in [3.63, 3.8) is 0 Å². The second kappa shape index (κ2) is 10.8. The number of aromatic nitrogens is 1. The first-order valence-corrected chi connectivity index (χ1v) is 14.0. The monoisotopic (exact) mass is 529 g/mol. The van der Waals surface area contributed by atoms with Crippen LogP contribution in [0.5, 0.6) is 0 Å². The van der Waals surface area contributed by atoms with Gasteiger partial charge in [0.15, 0.2) is 0 Å². The molecule has 194 valence electrons. The molecule has 0 aliphatic rings. The van der Waals surface area contributed by atoms with E-state index in [1.807, 2.05) is 43.3 Å². The number of carbonyl (C=O) groups is 1. The number of para-hydroxylation sites is 1. The Morgan fingerprint density at radius 2 is 1.69 bits per heavy atom. The van der Waals surface area contributed by atoms with Crippen LogP contribution in [0.1, 0.15) is 63.7 Å². The molecule has 1 atom stereocenters. The second-order valence-corrected chi connectivity index (χ2v) is 11.3. The molecule has 0 unspecified atom stereocenters. The van der Waals surface area contributed by atoms with Crippen molar-refractivity contribution in [2.24, 2.45) is 0 Å². The molecule has 3 aromatic carbocycles. The van der Waals surface area contributed by atoms with E-state index in [0.29, 0.717) is 22.0 Å². The van der Waals surface area contributed by atoms with Crippen molar-refractivity contribution < 1.29 is 4.79 Å². The van der Waals surface area contributed by atoms with Crippen LogP contribution in [0.4, 0.5) is 5.00 Å². The van der Waals surface area contributed by atoms with Crippen molar-refractivity contribution in [1.82, 2.24) is 4.98 Å². The molecular formula is C34H31N3OS. The van der Waals surface area contributed by atoms with Crippen LogP contribution in [-0.2, 0) is 0 Å². The molecule has 2 aromatic heterocycles. The summed E-state index contributed by atoms with van der Waals surface area (Å²) in [6.45, 7) is 10.6. The van der Waals surface area contributed by atoms with Gasteiger partial charge in [0.1, 0.15) is 11.1 Å². The van der Waals surface area contributed by atoms with E-state index in [1.165, 1.54) is 28.0 Å². The fraction of sp³-hybridized carbons (Fsp3) is 0.206. The van der Waals surface area contributed by atoms with Gasteiger partial charge in [-0.15, -0.1) is 11.3 Å². The highest BCUT2D eigenvalue weighted by atomic mass is 32.1. The number of hydrogen-bond acceptors (Lipinski definition) is 4. The van der Waals surface area contributed by atoms with E-state index in [1.54, 1.807) is 0 Å². The van der Waals surface area contributed by atoms with E-state index in [4.69, 9.17) is 4.98 Å². The van der Waals surface area contributed by atoms with Gasteiger partial charge in [-0.2, -0.15) is 5.26 Å². The Balaban J connectivity index is 1.54. The lowest BCUT2D eigenvalue weighted by molar-refractivity contribution is 0.102. The average molecular weight is 530 g/mol. The third kappa shape index (κ3) is 5.08. The maximum atomic E-state index is 13.8. The summed E-state index contributed by atoms with van der Waals surface area (Å²) in [7, 11) is 0. The van der Waals surface area contributed by atoms with E-state index in [2.05, 4.69) is 75.5 Å². The number of benzene rings is 3. The number of nitriles is 1. The Morgan fingerprint density at radius 3 is 2.38 bits per heavy atom. The number of anilines is 1. The number of rotatable bonds is 6. The van der Waals surface area contributed by atoms with E-state index < -0.39 is 0 Å². The summed E-state index contributed by atoms with van der Waals surface area (Å²) in [5, 5.41) is 14.6. The first kappa shape index (κ1) is 26.3. The number of thiophene rings is 1. The highest BCUT2D eigenvalue weighted by Crippen LogP contribution is 2.40. The van der Waals surface area contributed by atoms with Crippen molar-refractivity contribution in [3.8, 4) is 28.5 Å². The minimum atomic E-state index is -0.255. The van der Waals surface area contributed by atoms with Gasteiger partial charge in [0.25, 0.3) is 5.91 Å². The van der Waals surface area contributed by atoms with Crippen LogP contribution in [-0.4, -0.2) is 10.9 Å². The summed E-state index contributed by atoms with van der Waals surface area (Å²) in [6, 6.07) is 26.5. The summed E-state index contributed by atoms with van der Waals surface area (Å²) in [6.07, 6.45) is 1.07. The largest absolute Gasteiger partial charge is 0.312 e. The fourth-order valence-electron chi connectivity index (χ4n) is 4.88. The molecule has 1 N–H and O–H groups in total. The molecule has 5 aromatic rings. The Hall–Kier alpha value is -4.27. The maximum Gasteiger partial charge on any atom is 0.257 e. The Morgan fingerprint density at radius 1 is 0.974 bits per heavy atom. The zero-order chi connectivity index (χ0) is 27.7. The topological polar surface area (TPSA) is 65.8 Å². The molecule has 5 heteroatoms. The average Bonchev–Trinajstić information content (AvgIpc) is 3.27. The molecule has 2 heterocycles.